The van der Waals surface area contributed by atoms with Crippen LogP contribution in [0.5, 0.6) is 0 Å². The lowest BCUT2D eigenvalue weighted by molar-refractivity contribution is 0.484. The fraction of sp³-hybridized carbons (Fsp3) is 0. The van der Waals surface area contributed by atoms with E-state index in [4.69, 9.17) is 0 Å². The third kappa shape index (κ3) is 5.22. The Hall–Kier alpha value is -2.20. The lowest BCUT2D eigenvalue weighted by Gasteiger charge is -2.13. The van der Waals surface area contributed by atoms with Crippen LogP contribution in [0, 0.1) is 0 Å². The minimum atomic E-state index is -4.40. The molecule has 5 rings (SSSR count). The topological polar surface area (TPSA) is 54.4 Å². The molecule has 0 spiro atoms. The van der Waals surface area contributed by atoms with Gasteiger partial charge in [0.2, 0.25) is 0 Å². The van der Waals surface area contributed by atoms with Gasteiger partial charge in [-0.25, -0.2) is 0 Å². The zero-order valence-electron chi connectivity index (χ0n) is 17.6. The van der Waals surface area contributed by atoms with Gasteiger partial charge in [0, 0.05) is 34.6 Å². The van der Waals surface area contributed by atoms with Crippen LogP contribution in [0.3, 0.4) is 0 Å². The Kier molecular flexibility index (Phi) is 7.06. The van der Waals surface area contributed by atoms with Crippen molar-refractivity contribution in [2.45, 2.75) is 33.6 Å². The number of fused-ring (bicyclic) bond motifs is 1. The van der Waals surface area contributed by atoms with Gasteiger partial charge in [-0.2, -0.15) is 8.42 Å². The fourth-order valence-electron chi connectivity index (χ4n) is 3.37. The summed E-state index contributed by atoms with van der Waals surface area (Å²) >= 11 is 5.72. The summed E-state index contributed by atoms with van der Waals surface area (Å²) in [6.07, 6.45) is 0. The van der Waals surface area contributed by atoms with Gasteiger partial charge >= 0.3 is 10.1 Å². The Morgan fingerprint density at radius 2 is 1.06 bits per heavy atom. The molecule has 0 atom stereocenters. The first kappa shape index (κ1) is 23.5. The molecule has 1 aromatic heterocycles. The van der Waals surface area contributed by atoms with Gasteiger partial charge in [-0.15, -0.1) is 11.3 Å². The van der Waals surface area contributed by atoms with Crippen molar-refractivity contribution in [2.24, 2.45) is 0 Å². The van der Waals surface area contributed by atoms with E-state index in [1.165, 1.54) is 11.8 Å². The minimum Gasteiger partial charge on any atom is -0.281 e. The molecule has 8 heteroatoms. The molecule has 0 fully saturated rings. The third-order valence-electron chi connectivity index (χ3n) is 4.83. The minimum absolute atomic E-state index is 0.0203. The van der Waals surface area contributed by atoms with E-state index >= 15 is 0 Å². The van der Waals surface area contributed by atoms with Crippen molar-refractivity contribution >= 4 is 66.8 Å². The largest absolute Gasteiger partial charge is 0.305 e. The molecule has 1 N–H and O–H groups in total. The highest BCUT2D eigenvalue weighted by Crippen LogP contribution is 2.51. The maximum absolute atomic E-state index is 12.4. The van der Waals surface area contributed by atoms with Gasteiger partial charge in [-0.3, -0.25) is 4.55 Å². The van der Waals surface area contributed by atoms with Crippen molar-refractivity contribution in [3.63, 3.8) is 0 Å². The average molecular weight is 539 g/mol. The second-order valence-corrected chi connectivity index (χ2v) is 13.2. The van der Waals surface area contributed by atoms with Crippen LogP contribution in [-0.2, 0) is 10.1 Å². The highest BCUT2D eigenvalue weighted by atomic mass is 32.3. The van der Waals surface area contributed by atoms with Gasteiger partial charge in [0.1, 0.15) is 0 Å². The van der Waals surface area contributed by atoms with Crippen LogP contribution in [0.25, 0.3) is 10.1 Å². The van der Waals surface area contributed by atoms with Crippen LogP contribution < -0.4 is 0 Å². The second-order valence-electron chi connectivity index (χ2n) is 7.21. The van der Waals surface area contributed by atoms with E-state index in [2.05, 4.69) is 12.1 Å². The van der Waals surface area contributed by atoms with E-state index < -0.39 is 10.1 Å². The lowest BCUT2D eigenvalue weighted by Crippen LogP contribution is -1.96. The quantitative estimate of drug-likeness (QED) is 0.209. The molecule has 0 saturated heterocycles. The molecule has 170 valence electrons. The standard InChI is InChI=1S/C26H18O3S5/c27-34(28,29)26-25(32-20-14-8-3-9-15-20)23-21(33-26)16-17-22(30-18-10-4-1-5-11-18)24(23)31-19-12-6-2-7-13-19/h1-17H,(H,27,28,29). The Labute approximate surface area is 215 Å². The summed E-state index contributed by atoms with van der Waals surface area (Å²) in [4.78, 5) is 5.62. The summed E-state index contributed by atoms with van der Waals surface area (Å²) in [6, 6.07) is 33.8. The van der Waals surface area contributed by atoms with Crippen molar-refractivity contribution in [3.8, 4) is 0 Å². The zero-order chi connectivity index (χ0) is 23.5. The van der Waals surface area contributed by atoms with Crippen LogP contribution in [0.1, 0.15) is 0 Å². The first-order valence-corrected chi connectivity index (χ1v) is 15.0. The molecule has 0 amide bonds. The van der Waals surface area contributed by atoms with E-state index in [0.717, 1.165) is 45.9 Å². The van der Waals surface area contributed by atoms with Crippen molar-refractivity contribution < 1.29 is 13.0 Å². The third-order valence-corrected chi connectivity index (χ3v) is 11.0. The molecule has 0 aliphatic rings. The van der Waals surface area contributed by atoms with Crippen molar-refractivity contribution in [1.82, 2.24) is 0 Å². The Balaban J connectivity index is 1.75. The van der Waals surface area contributed by atoms with Crippen LogP contribution in [0.2, 0.25) is 0 Å². The molecule has 0 radical (unpaired) electrons. The molecule has 0 aliphatic heterocycles. The molecule has 0 bridgehead atoms. The van der Waals surface area contributed by atoms with Crippen LogP contribution >= 0.6 is 46.6 Å². The van der Waals surface area contributed by atoms with Gasteiger partial charge in [-0.05, 0) is 48.5 Å². The van der Waals surface area contributed by atoms with E-state index in [1.54, 1.807) is 23.5 Å². The van der Waals surface area contributed by atoms with Gasteiger partial charge in [-0.1, -0.05) is 89.9 Å². The number of rotatable bonds is 7. The van der Waals surface area contributed by atoms with Crippen LogP contribution in [0.15, 0.2) is 137 Å². The first-order valence-electron chi connectivity index (χ1n) is 10.2. The molecular weight excluding hydrogens is 521 g/mol. The predicted molar refractivity (Wildman–Crippen MR) is 143 cm³/mol. The van der Waals surface area contributed by atoms with E-state index in [-0.39, 0.29) is 4.21 Å². The summed E-state index contributed by atoms with van der Waals surface area (Å²) in [5.74, 6) is 0. The monoisotopic (exact) mass is 538 g/mol. The fourth-order valence-corrected chi connectivity index (χ4v) is 9.18. The molecule has 0 unspecified atom stereocenters. The van der Waals surface area contributed by atoms with Crippen molar-refractivity contribution in [3.05, 3.63) is 103 Å². The van der Waals surface area contributed by atoms with Crippen molar-refractivity contribution in [1.29, 1.82) is 0 Å². The summed E-state index contributed by atoms with van der Waals surface area (Å²) in [5.41, 5.74) is 0. The highest BCUT2D eigenvalue weighted by Gasteiger charge is 2.26. The number of thiophene rings is 1. The molecule has 5 aromatic rings. The van der Waals surface area contributed by atoms with E-state index in [1.807, 2.05) is 91.0 Å². The lowest BCUT2D eigenvalue weighted by atomic mass is 10.2. The molecule has 34 heavy (non-hydrogen) atoms. The molecule has 0 aliphatic carbocycles. The second kappa shape index (κ2) is 10.2. The zero-order valence-corrected chi connectivity index (χ0v) is 21.7. The van der Waals surface area contributed by atoms with E-state index in [9.17, 15) is 13.0 Å². The number of hydrogen-bond donors (Lipinski definition) is 1. The SMILES string of the molecule is O=S(=O)(O)c1sc2ccc(Sc3ccccc3)c(Sc3ccccc3)c2c1Sc1ccccc1. The maximum Gasteiger partial charge on any atom is 0.305 e. The van der Waals surface area contributed by atoms with Gasteiger partial charge in [0.15, 0.2) is 4.21 Å². The van der Waals surface area contributed by atoms with Crippen LogP contribution in [0.4, 0.5) is 0 Å². The van der Waals surface area contributed by atoms with Crippen LogP contribution in [-0.4, -0.2) is 13.0 Å². The molecule has 4 aromatic carbocycles. The summed E-state index contributed by atoms with van der Waals surface area (Å²) in [5, 5.41) is 0.848. The smallest absolute Gasteiger partial charge is 0.281 e. The first-order chi connectivity index (χ1) is 16.5. The number of benzene rings is 4. The van der Waals surface area contributed by atoms with Crippen molar-refractivity contribution in [2.75, 3.05) is 0 Å². The van der Waals surface area contributed by atoms with Gasteiger partial charge < -0.3 is 0 Å². The summed E-state index contributed by atoms with van der Waals surface area (Å²) in [7, 11) is -4.40. The predicted octanol–water partition coefficient (Wildman–Crippen LogP) is 8.60. The molecule has 3 nitrogen and oxygen atoms in total. The molecular formula is C26H18O3S5. The Morgan fingerprint density at radius 3 is 1.56 bits per heavy atom. The van der Waals surface area contributed by atoms with Gasteiger partial charge in [0.05, 0.1) is 4.90 Å². The maximum atomic E-state index is 12.4. The highest BCUT2D eigenvalue weighted by molar-refractivity contribution is 8.03. The summed E-state index contributed by atoms with van der Waals surface area (Å²) < 4.78 is 35.7. The summed E-state index contributed by atoms with van der Waals surface area (Å²) in [6.45, 7) is 0. The molecule has 0 saturated carbocycles. The Morgan fingerprint density at radius 1 is 0.588 bits per heavy atom. The average Bonchev–Trinajstić information content (AvgIpc) is 3.22. The normalized spacial score (nSPS) is 11.7. The van der Waals surface area contributed by atoms with Gasteiger partial charge in [0.25, 0.3) is 0 Å². The Bertz CT molecular complexity index is 1530. The molecule has 1 heterocycles. The number of hydrogen-bond acceptors (Lipinski definition) is 6. The van der Waals surface area contributed by atoms with E-state index in [0.29, 0.717) is 4.90 Å².